The van der Waals surface area contributed by atoms with Crippen LogP contribution in [0.15, 0.2) is 170 Å². The average molecular weight is 653 g/mol. The predicted molar refractivity (Wildman–Crippen MR) is 206 cm³/mol. The molecule has 0 aliphatic carbocycles. The first-order chi connectivity index (χ1) is 24.7. The molecule has 0 bridgehead atoms. The fraction of sp³-hybridized carbons (Fsp3) is 0. The molecule has 0 aliphatic heterocycles. The number of nitrogens with zero attached hydrogens (tertiary/aromatic N) is 4. The van der Waals surface area contributed by atoms with Gasteiger partial charge in [0.2, 0.25) is 5.69 Å². The highest BCUT2D eigenvalue weighted by molar-refractivity contribution is 7.20. The molecule has 0 N–H and O–H groups in total. The molecule has 1 aromatic heterocycles. The standard InChI is InChI=1S/C45H28N4Si/c1-48-41-28-33(31-47)39(29-44(41)49-42-23-13-11-21-37(42)40-27-32(30-46)25-26-43(40)49)38-22-12-14-24-45(38)50(34-15-5-2-6-16-34,35-17-7-3-8-18-35)36-19-9-4-10-20-36/h2-29H. The number of hydrogen-bond donors (Lipinski definition) is 0. The summed E-state index contributed by atoms with van der Waals surface area (Å²) in [5.74, 6) is 0. The second kappa shape index (κ2) is 12.6. The molecule has 0 saturated carbocycles. The summed E-state index contributed by atoms with van der Waals surface area (Å²) >= 11 is 0. The van der Waals surface area contributed by atoms with Gasteiger partial charge in [-0.15, -0.1) is 0 Å². The minimum absolute atomic E-state index is 0.382. The van der Waals surface area contributed by atoms with Crippen molar-refractivity contribution in [2.24, 2.45) is 0 Å². The van der Waals surface area contributed by atoms with Crippen molar-refractivity contribution < 1.29 is 0 Å². The first-order valence-electron chi connectivity index (χ1n) is 16.3. The molecule has 7 aromatic carbocycles. The van der Waals surface area contributed by atoms with Crippen molar-refractivity contribution in [3.05, 3.63) is 192 Å². The molecule has 0 aliphatic rings. The highest BCUT2D eigenvalue weighted by Crippen LogP contribution is 2.39. The SMILES string of the molecule is [C-]#[N+]c1cc(C#N)c(-c2ccccc2[Si](c2ccccc2)(c2ccccc2)c2ccccc2)cc1-n1c2ccccc2c2cc(C#N)ccc21. The Kier molecular flexibility index (Phi) is 7.63. The molecule has 0 spiro atoms. The van der Waals surface area contributed by atoms with Crippen molar-refractivity contribution in [1.82, 2.24) is 4.57 Å². The third-order valence-corrected chi connectivity index (χ3v) is 14.5. The van der Waals surface area contributed by atoms with Gasteiger partial charge in [-0.05, 0) is 68.3 Å². The van der Waals surface area contributed by atoms with E-state index in [1.165, 1.54) is 15.6 Å². The quantitative estimate of drug-likeness (QED) is 0.104. The smallest absolute Gasteiger partial charge is 0.211 e. The van der Waals surface area contributed by atoms with Crippen LogP contribution in [-0.2, 0) is 0 Å². The third kappa shape index (κ3) is 4.72. The summed E-state index contributed by atoms with van der Waals surface area (Å²) in [6.07, 6.45) is 0. The van der Waals surface area contributed by atoms with Gasteiger partial charge in [0.05, 0.1) is 41.0 Å². The summed E-state index contributed by atoms with van der Waals surface area (Å²) in [5.41, 5.74) is 5.62. The topological polar surface area (TPSA) is 56.9 Å². The number of nitriles is 2. The zero-order valence-corrected chi connectivity index (χ0v) is 28.0. The van der Waals surface area contributed by atoms with Gasteiger partial charge in [-0.2, -0.15) is 10.5 Å². The lowest BCUT2D eigenvalue weighted by molar-refractivity contribution is 1.18. The molecule has 50 heavy (non-hydrogen) atoms. The summed E-state index contributed by atoms with van der Waals surface area (Å²) in [5, 5.41) is 27.2. The molecule has 0 amide bonds. The van der Waals surface area contributed by atoms with Crippen molar-refractivity contribution in [3.63, 3.8) is 0 Å². The molecule has 0 radical (unpaired) electrons. The largest absolute Gasteiger partial charge is 0.319 e. The molecule has 1 heterocycles. The molecule has 0 unspecified atom stereocenters. The Balaban J connectivity index is 1.49. The number of hydrogen-bond acceptors (Lipinski definition) is 2. The van der Waals surface area contributed by atoms with Gasteiger partial charge in [0.25, 0.3) is 0 Å². The number of benzene rings is 7. The van der Waals surface area contributed by atoms with Gasteiger partial charge in [-0.1, -0.05) is 133 Å². The molecular weight excluding hydrogens is 625 g/mol. The van der Waals surface area contributed by atoms with E-state index in [1.807, 2.05) is 54.6 Å². The first kappa shape index (κ1) is 30.4. The Morgan fingerprint density at radius 3 is 1.68 bits per heavy atom. The van der Waals surface area contributed by atoms with E-state index in [0.717, 1.165) is 38.1 Å². The maximum Gasteiger partial charge on any atom is 0.211 e. The van der Waals surface area contributed by atoms with E-state index in [1.54, 1.807) is 6.07 Å². The van der Waals surface area contributed by atoms with Gasteiger partial charge in [-0.25, -0.2) is 4.85 Å². The second-order valence-electron chi connectivity index (χ2n) is 12.2. The van der Waals surface area contributed by atoms with Crippen LogP contribution in [0.2, 0.25) is 0 Å². The van der Waals surface area contributed by atoms with E-state index >= 15 is 0 Å². The monoisotopic (exact) mass is 652 g/mol. The van der Waals surface area contributed by atoms with Crippen molar-refractivity contribution in [2.75, 3.05) is 0 Å². The van der Waals surface area contributed by atoms with Crippen molar-refractivity contribution in [2.45, 2.75) is 0 Å². The summed E-state index contributed by atoms with van der Waals surface area (Å²) in [6.45, 7) is 8.26. The van der Waals surface area contributed by atoms with E-state index in [-0.39, 0.29) is 0 Å². The Hall–Kier alpha value is -6.97. The van der Waals surface area contributed by atoms with Crippen LogP contribution in [0.25, 0.3) is 43.5 Å². The Bertz CT molecular complexity index is 2580. The minimum Gasteiger partial charge on any atom is -0.319 e. The Morgan fingerprint density at radius 2 is 1.08 bits per heavy atom. The minimum atomic E-state index is -2.97. The highest BCUT2D eigenvalue weighted by Gasteiger charge is 2.43. The van der Waals surface area contributed by atoms with Crippen LogP contribution in [0.4, 0.5) is 5.69 Å². The lowest BCUT2D eigenvalue weighted by Gasteiger charge is -2.36. The maximum atomic E-state index is 10.7. The van der Waals surface area contributed by atoms with Crippen molar-refractivity contribution >= 4 is 56.3 Å². The second-order valence-corrected chi connectivity index (χ2v) is 16.0. The fourth-order valence-corrected chi connectivity index (χ4v) is 12.5. The number of para-hydroxylation sites is 1. The number of rotatable bonds is 6. The van der Waals surface area contributed by atoms with Gasteiger partial charge in [0.15, 0.2) is 8.07 Å². The van der Waals surface area contributed by atoms with Gasteiger partial charge < -0.3 is 4.57 Å². The molecule has 4 nitrogen and oxygen atoms in total. The lowest BCUT2D eigenvalue weighted by Crippen LogP contribution is -2.75. The fourth-order valence-electron chi connectivity index (χ4n) is 7.54. The average Bonchev–Trinajstić information content (AvgIpc) is 3.52. The van der Waals surface area contributed by atoms with Gasteiger partial charge >= 0.3 is 0 Å². The maximum absolute atomic E-state index is 10.7. The van der Waals surface area contributed by atoms with Crippen LogP contribution < -0.4 is 20.7 Å². The lowest BCUT2D eigenvalue weighted by atomic mass is 9.98. The molecule has 232 valence electrons. The molecule has 8 rings (SSSR count). The predicted octanol–water partition coefficient (Wildman–Crippen LogP) is 8.12. The van der Waals surface area contributed by atoms with E-state index < -0.39 is 8.07 Å². The third-order valence-electron chi connectivity index (χ3n) is 9.64. The summed E-state index contributed by atoms with van der Waals surface area (Å²) in [7, 11) is -2.97. The zero-order chi connectivity index (χ0) is 34.1. The van der Waals surface area contributed by atoms with E-state index in [2.05, 4.69) is 131 Å². The van der Waals surface area contributed by atoms with Gasteiger partial charge in [0, 0.05) is 16.3 Å². The number of fused-ring (bicyclic) bond motifs is 3. The van der Waals surface area contributed by atoms with Crippen LogP contribution in [0.5, 0.6) is 0 Å². The molecule has 0 fully saturated rings. The number of aromatic nitrogens is 1. The van der Waals surface area contributed by atoms with E-state index in [4.69, 9.17) is 6.57 Å². The molecule has 0 atom stereocenters. The van der Waals surface area contributed by atoms with Crippen LogP contribution >= 0.6 is 0 Å². The van der Waals surface area contributed by atoms with Crippen LogP contribution in [0.3, 0.4) is 0 Å². The molecular formula is C45H28N4Si. The van der Waals surface area contributed by atoms with E-state index in [9.17, 15) is 10.5 Å². The Labute approximate surface area is 291 Å². The molecule has 5 heteroatoms. The Morgan fingerprint density at radius 1 is 0.520 bits per heavy atom. The highest BCUT2D eigenvalue weighted by atomic mass is 28.3. The van der Waals surface area contributed by atoms with Crippen molar-refractivity contribution in [1.29, 1.82) is 10.5 Å². The summed E-state index contributed by atoms with van der Waals surface area (Å²) < 4.78 is 2.10. The summed E-state index contributed by atoms with van der Waals surface area (Å²) in [6, 6.07) is 62.9. The normalized spacial score (nSPS) is 11.1. The molecule has 0 saturated heterocycles. The summed E-state index contributed by atoms with van der Waals surface area (Å²) in [4.78, 5) is 3.97. The van der Waals surface area contributed by atoms with Crippen LogP contribution in [0.1, 0.15) is 11.1 Å². The first-order valence-corrected chi connectivity index (χ1v) is 18.3. The van der Waals surface area contributed by atoms with Gasteiger partial charge in [0.1, 0.15) is 0 Å². The van der Waals surface area contributed by atoms with E-state index in [0.29, 0.717) is 22.5 Å². The van der Waals surface area contributed by atoms with Crippen molar-refractivity contribution in [3.8, 4) is 29.0 Å². The zero-order valence-electron chi connectivity index (χ0n) is 27.0. The van der Waals surface area contributed by atoms with Crippen LogP contribution in [-0.4, -0.2) is 12.6 Å². The molecule has 8 aromatic rings. The van der Waals surface area contributed by atoms with Crippen LogP contribution in [0, 0.1) is 29.2 Å². The van der Waals surface area contributed by atoms with Gasteiger partial charge in [-0.3, -0.25) is 0 Å².